The molecule has 0 aliphatic carbocycles. The van der Waals surface area contributed by atoms with Crippen LogP contribution in [0.3, 0.4) is 0 Å². The minimum Gasteiger partial charge on any atom is -0.497 e. The third-order valence-corrected chi connectivity index (χ3v) is 3.45. The van der Waals surface area contributed by atoms with Crippen LogP contribution in [0.2, 0.25) is 0 Å². The van der Waals surface area contributed by atoms with Gasteiger partial charge in [0.2, 0.25) is 0 Å². The molecule has 3 nitrogen and oxygen atoms in total. The summed E-state index contributed by atoms with van der Waals surface area (Å²) in [6.07, 6.45) is 4.69. The number of ether oxygens (including phenoxy) is 2. The average molecular weight is 279 g/mol. The van der Waals surface area contributed by atoms with Crippen molar-refractivity contribution < 1.29 is 9.47 Å². The summed E-state index contributed by atoms with van der Waals surface area (Å²) in [6, 6.07) is 8.26. The van der Waals surface area contributed by atoms with Crippen molar-refractivity contribution >= 4 is 0 Å². The monoisotopic (exact) mass is 279 g/mol. The Morgan fingerprint density at radius 1 is 1.00 bits per heavy atom. The van der Waals surface area contributed by atoms with E-state index in [0.717, 1.165) is 37.3 Å². The van der Waals surface area contributed by atoms with Gasteiger partial charge in [-0.15, -0.1) is 0 Å². The Kier molecular flexibility index (Phi) is 8.12. The van der Waals surface area contributed by atoms with Gasteiger partial charge in [0.1, 0.15) is 17.6 Å². The van der Waals surface area contributed by atoms with E-state index in [0.29, 0.717) is 6.04 Å². The maximum absolute atomic E-state index is 6.16. The van der Waals surface area contributed by atoms with Crippen LogP contribution >= 0.6 is 0 Å². The molecular formula is C17H29NO2. The SMILES string of the molecule is CCCNC(CCC)C(CC)Oc1ccc(OC)cc1. The van der Waals surface area contributed by atoms with E-state index >= 15 is 0 Å². The van der Waals surface area contributed by atoms with E-state index in [4.69, 9.17) is 9.47 Å². The molecule has 0 amide bonds. The first-order valence-corrected chi connectivity index (χ1v) is 7.79. The third kappa shape index (κ3) is 5.41. The molecule has 114 valence electrons. The van der Waals surface area contributed by atoms with Crippen molar-refractivity contribution in [3.8, 4) is 11.5 Å². The molecule has 20 heavy (non-hydrogen) atoms. The summed E-state index contributed by atoms with van der Waals surface area (Å²) in [7, 11) is 1.68. The van der Waals surface area contributed by atoms with Crippen LogP contribution in [-0.2, 0) is 0 Å². The first-order chi connectivity index (χ1) is 9.74. The zero-order valence-electron chi connectivity index (χ0n) is 13.3. The molecule has 0 aliphatic heterocycles. The van der Waals surface area contributed by atoms with Crippen LogP contribution in [-0.4, -0.2) is 25.8 Å². The van der Waals surface area contributed by atoms with Gasteiger partial charge in [-0.2, -0.15) is 0 Å². The number of hydrogen-bond donors (Lipinski definition) is 1. The Morgan fingerprint density at radius 3 is 2.15 bits per heavy atom. The van der Waals surface area contributed by atoms with Gasteiger partial charge in [-0.05, 0) is 50.1 Å². The summed E-state index contributed by atoms with van der Waals surface area (Å²) < 4.78 is 11.3. The summed E-state index contributed by atoms with van der Waals surface area (Å²) in [5.74, 6) is 1.77. The molecule has 2 unspecified atom stereocenters. The summed E-state index contributed by atoms with van der Waals surface area (Å²) in [6.45, 7) is 7.65. The zero-order valence-corrected chi connectivity index (χ0v) is 13.3. The maximum Gasteiger partial charge on any atom is 0.120 e. The van der Waals surface area contributed by atoms with E-state index in [-0.39, 0.29) is 6.10 Å². The summed E-state index contributed by atoms with van der Waals surface area (Å²) >= 11 is 0. The van der Waals surface area contributed by atoms with E-state index in [9.17, 15) is 0 Å². The van der Waals surface area contributed by atoms with Gasteiger partial charge in [0, 0.05) is 6.04 Å². The minimum atomic E-state index is 0.217. The van der Waals surface area contributed by atoms with Gasteiger partial charge < -0.3 is 14.8 Å². The molecule has 0 saturated heterocycles. The Balaban J connectivity index is 2.65. The molecule has 2 atom stereocenters. The lowest BCUT2D eigenvalue weighted by Gasteiger charge is -2.28. The van der Waals surface area contributed by atoms with Crippen molar-refractivity contribution in [3.63, 3.8) is 0 Å². The molecule has 0 spiro atoms. The van der Waals surface area contributed by atoms with Crippen molar-refractivity contribution in [1.82, 2.24) is 5.32 Å². The maximum atomic E-state index is 6.16. The van der Waals surface area contributed by atoms with Gasteiger partial charge in [-0.1, -0.05) is 27.2 Å². The van der Waals surface area contributed by atoms with E-state index in [1.54, 1.807) is 7.11 Å². The molecule has 0 aliphatic rings. The largest absolute Gasteiger partial charge is 0.497 e. The standard InChI is InChI=1S/C17H29NO2/c1-5-8-16(18-13-6-2)17(7-3)20-15-11-9-14(19-4)10-12-15/h9-12,16-18H,5-8,13H2,1-4H3. The van der Waals surface area contributed by atoms with Crippen LogP contribution in [0.5, 0.6) is 11.5 Å². The van der Waals surface area contributed by atoms with E-state index in [2.05, 4.69) is 26.1 Å². The molecule has 1 aromatic rings. The van der Waals surface area contributed by atoms with Crippen molar-refractivity contribution in [3.05, 3.63) is 24.3 Å². The molecule has 0 heterocycles. The van der Waals surface area contributed by atoms with Crippen molar-refractivity contribution in [2.75, 3.05) is 13.7 Å². The first-order valence-electron chi connectivity index (χ1n) is 7.79. The van der Waals surface area contributed by atoms with Gasteiger partial charge in [0.15, 0.2) is 0 Å². The van der Waals surface area contributed by atoms with Crippen LogP contribution in [0.1, 0.15) is 46.5 Å². The van der Waals surface area contributed by atoms with Crippen LogP contribution < -0.4 is 14.8 Å². The van der Waals surface area contributed by atoms with E-state index in [1.165, 1.54) is 6.42 Å². The molecule has 0 radical (unpaired) electrons. The van der Waals surface area contributed by atoms with E-state index < -0.39 is 0 Å². The lowest BCUT2D eigenvalue weighted by Crippen LogP contribution is -2.43. The van der Waals surface area contributed by atoms with Gasteiger partial charge in [0.25, 0.3) is 0 Å². The Bertz CT molecular complexity index is 351. The van der Waals surface area contributed by atoms with Crippen molar-refractivity contribution in [2.24, 2.45) is 0 Å². The van der Waals surface area contributed by atoms with Crippen LogP contribution in [0.4, 0.5) is 0 Å². The predicted octanol–water partition coefficient (Wildman–Crippen LogP) is 4.02. The number of benzene rings is 1. The van der Waals surface area contributed by atoms with Crippen molar-refractivity contribution in [1.29, 1.82) is 0 Å². The molecule has 0 fully saturated rings. The summed E-state index contributed by atoms with van der Waals surface area (Å²) in [4.78, 5) is 0. The second-order valence-corrected chi connectivity index (χ2v) is 5.09. The molecule has 0 bridgehead atoms. The Labute approximate surface area is 123 Å². The highest BCUT2D eigenvalue weighted by Crippen LogP contribution is 2.21. The van der Waals surface area contributed by atoms with Crippen LogP contribution in [0.25, 0.3) is 0 Å². The quantitative estimate of drug-likeness (QED) is 0.701. The van der Waals surface area contributed by atoms with Crippen LogP contribution in [0, 0.1) is 0 Å². The Morgan fingerprint density at radius 2 is 1.65 bits per heavy atom. The number of nitrogens with one attached hydrogen (secondary N) is 1. The lowest BCUT2D eigenvalue weighted by molar-refractivity contribution is 0.142. The zero-order chi connectivity index (χ0) is 14.8. The fourth-order valence-electron chi connectivity index (χ4n) is 2.34. The number of methoxy groups -OCH3 is 1. The minimum absolute atomic E-state index is 0.217. The topological polar surface area (TPSA) is 30.5 Å². The second kappa shape index (κ2) is 9.65. The third-order valence-electron chi connectivity index (χ3n) is 3.45. The highest BCUT2D eigenvalue weighted by atomic mass is 16.5. The summed E-state index contributed by atoms with van der Waals surface area (Å²) in [5, 5.41) is 3.61. The number of rotatable bonds is 10. The van der Waals surface area contributed by atoms with Gasteiger partial charge in [0.05, 0.1) is 7.11 Å². The van der Waals surface area contributed by atoms with Crippen LogP contribution in [0.15, 0.2) is 24.3 Å². The van der Waals surface area contributed by atoms with Gasteiger partial charge in [-0.25, -0.2) is 0 Å². The first kappa shape index (κ1) is 16.8. The highest BCUT2D eigenvalue weighted by molar-refractivity contribution is 5.31. The normalized spacial score (nSPS) is 13.8. The average Bonchev–Trinajstić information content (AvgIpc) is 2.50. The number of hydrogen-bond acceptors (Lipinski definition) is 3. The molecule has 1 aromatic carbocycles. The molecular weight excluding hydrogens is 250 g/mol. The lowest BCUT2D eigenvalue weighted by atomic mass is 10.0. The fraction of sp³-hybridized carbons (Fsp3) is 0.647. The van der Waals surface area contributed by atoms with Crippen molar-refractivity contribution in [2.45, 2.75) is 58.6 Å². The highest BCUT2D eigenvalue weighted by Gasteiger charge is 2.20. The molecule has 3 heteroatoms. The smallest absolute Gasteiger partial charge is 0.120 e. The molecule has 1 N–H and O–H groups in total. The van der Waals surface area contributed by atoms with E-state index in [1.807, 2.05) is 24.3 Å². The fourth-order valence-corrected chi connectivity index (χ4v) is 2.34. The Hall–Kier alpha value is -1.22. The summed E-state index contributed by atoms with van der Waals surface area (Å²) in [5.41, 5.74) is 0. The molecule has 0 saturated carbocycles. The predicted molar refractivity (Wildman–Crippen MR) is 84.7 cm³/mol. The van der Waals surface area contributed by atoms with Gasteiger partial charge >= 0.3 is 0 Å². The van der Waals surface area contributed by atoms with Gasteiger partial charge in [-0.3, -0.25) is 0 Å². The molecule has 1 rings (SSSR count). The second-order valence-electron chi connectivity index (χ2n) is 5.09. The molecule has 0 aromatic heterocycles.